The highest BCUT2D eigenvalue weighted by Gasteiger charge is 2.28. The van der Waals surface area contributed by atoms with Gasteiger partial charge in [-0.3, -0.25) is 4.79 Å². The molecule has 1 aromatic heterocycles. The highest BCUT2D eigenvalue weighted by molar-refractivity contribution is 6.30. The molecule has 1 aliphatic heterocycles. The van der Waals surface area contributed by atoms with E-state index in [1.54, 1.807) is 31.4 Å². The molecule has 0 spiro atoms. The predicted molar refractivity (Wildman–Crippen MR) is 129 cm³/mol. The minimum atomic E-state index is -0.147. The second-order valence-corrected chi connectivity index (χ2v) is 8.21. The number of Topliss-reactive ketones (excluding diaryl/α,β-unsaturated/α-hetero) is 1. The van der Waals surface area contributed by atoms with E-state index in [0.29, 0.717) is 28.7 Å². The van der Waals surface area contributed by atoms with Crippen molar-refractivity contribution in [1.82, 2.24) is 4.57 Å². The fraction of sp³-hybridized carbons (Fsp3) is 0.148. The summed E-state index contributed by atoms with van der Waals surface area (Å²) in [6, 6.07) is 18.7. The summed E-state index contributed by atoms with van der Waals surface area (Å²) in [4.78, 5) is 13.0. The topological polar surface area (TPSA) is 49.7 Å². The van der Waals surface area contributed by atoms with E-state index in [-0.39, 0.29) is 11.5 Å². The van der Waals surface area contributed by atoms with Gasteiger partial charge in [0.1, 0.15) is 23.9 Å². The van der Waals surface area contributed by atoms with Crippen molar-refractivity contribution in [2.75, 3.05) is 7.11 Å². The highest BCUT2D eigenvalue weighted by atomic mass is 35.5. The van der Waals surface area contributed by atoms with Crippen LogP contribution >= 0.6 is 11.6 Å². The first kappa shape index (κ1) is 21.2. The molecule has 4 aromatic rings. The van der Waals surface area contributed by atoms with Crippen LogP contribution in [0.1, 0.15) is 28.4 Å². The third-order valence-corrected chi connectivity index (χ3v) is 5.92. The zero-order valence-corrected chi connectivity index (χ0v) is 19.1. The van der Waals surface area contributed by atoms with Gasteiger partial charge in [0.2, 0.25) is 5.78 Å². The highest BCUT2D eigenvalue weighted by Crippen LogP contribution is 2.36. The van der Waals surface area contributed by atoms with Crippen molar-refractivity contribution in [3.05, 3.63) is 94.3 Å². The van der Waals surface area contributed by atoms with Gasteiger partial charge in [0.05, 0.1) is 12.7 Å². The number of allylic oxidation sites excluding steroid dienone is 1. The maximum Gasteiger partial charge on any atom is 0.231 e. The van der Waals surface area contributed by atoms with Gasteiger partial charge < -0.3 is 18.8 Å². The molecule has 5 nitrogen and oxygen atoms in total. The van der Waals surface area contributed by atoms with Gasteiger partial charge in [-0.25, -0.2) is 0 Å². The lowest BCUT2D eigenvalue weighted by atomic mass is 10.1. The number of halogens is 1. The summed E-state index contributed by atoms with van der Waals surface area (Å²) in [5.41, 5.74) is 3.46. The van der Waals surface area contributed by atoms with E-state index in [4.69, 9.17) is 25.8 Å². The quantitative estimate of drug-likeness (QED) is 0.308. The molecule has 0 unspecified atom stereocenters. The molecular weight excluding hydrogens is 438 g/mol. The molecule has 33 heavy (non-hydrogen) atoms. The van der Waals surface area contributed by atoms with Gasteiger partial charge in [-0.05, 0) is 61.0 Å². The molecule has 6 heteroatoms. The van der Waals surface area contributed by atoms with Crippen LogP contribution in [0.3, 0.4) is 0 Å². The number of hydrogen-bond acceptors (Lipinski definition) is 4. The first-order valence-electron chi connectivity index (χ1n) is 10.7. The molecule has 3 aromatic carbocycles. The zero-order valence-electron chi connectivity index (χ0n) is 18.3. The Balaban J connectivity index is 1.42. The lowest BCUT2D eigenvalue weighted by Gasteiger charge is -2.07. The lowest BCUT2D eigenvalue weighted by molar-refractivity contribution is 0.101. The van der Waals surface area contributed by atoms with Crippen LogP contribution in [0.25, 0.3) is 17.0 Å². The molecule has 0 aliphatic carbocycles. The second-order valence-electron chi connectivity index (χ2n) is 7.77. The van der Waals surface area contributed by atoms with Crippen molar-refractivity contribution in [2.24, 2.45) is 0 Å². The zero-order chi connectivity index (χ0) is 22.9. The van der Waals surface area contributed by atoms with E-state index >= 15 is 0 Å². The Bertz CT molecular complexity index is 1400. The third-order valence-electron chi connectivity index (χ3n) is 5.68. The Hall–Kier alpha value is -3.70. The Morgan fingerprint density at radius 2 is 1.91 bits per heavy atom. The third kappa shape index (κ3) is 4.08. The van der Waals surface area contributed by atoms with Crippen molar-refractivity contribution in [2.45, 2.75) is 20.1 Å². The van der Waals surface area contributed by atoms with Gasteiger partial charge in [-0.2, -0.15) is 0 Å². The maximum absolute atomic E-state index is 13.0. The normalized spacial score (nSPS) is 13.9. The number of ketones is 1. The van der Waals surface area contributed by atoms with Crippen LogP contribution in [0.2, 0.25) is 5.02 Å². The predicted octanol–water partition coefficient (Wildman–Crippen LogP) is 6.52. The van der Waals surface area contributed by atoms with Gasteiger partial charge in [-0.1, -0.05) is 23.7 Å². The van der Waals surface area contributed by atoms with Crippen LogP contribution in [0, 0.1) is 0 Å². The number of fused-ring (bicyclic) bond motifs is 2. The molecule has 0 amide bonds. The van der Waals surface area contributed by atoms with Crippen molar-refractivity contribution in [3.63, 3.8) is 0 Å². The number of rotatable bonds is 6. The molecule has 0 fully saturated rings. The molecule has 0 saturated heterocycles. The fourth-order valence-corrected chi connectivity index (χ4v) is 4.21. The Morgan fingerprint density at radius 3 is 2.70 bits per heavy atom. The van der Waals surface area contributed by atoms with Crippen molar-refractivity contribution < 1.29 is 19.0 Å². The number of carbonyl (C=O) groups excluding carboxylic acids is 1. The summed E-state index contributed by atoms with van der Waals surface area (Å²) in [6.07, 6.45) is 3.82. The van der Waals surface area contributed by atoms with Gasteiger partial charge in [0, 0.05) is 40.3 Å². The van der Waals surface area contributed by atoms with Crippen LogP contribution in [-0.2, 0) is 13.2 Å². The fourth-order valence-electron chi connectivity index (χ4n) is 4.00. The van der Waals surface area contributed by atoms with Gasteiger partial charge in [-0.15, -0.1) is 0 Å². The number of aryl methyl sites for hydroxylation is 1. The van der Waals surface area contributed by atoms with E-state index in [1.165, 1.54) is 0 Å². The van der Waals surface area contributed by atoms with E-state index < -0.39 is 0 Å². The van der Waals surface area contributed by atoms with Crippen LogP contribution in [0.15, 0.2) is 72.6 Å². The van der Waals surface area contributed by atoms with Gasteiger partial charge in [0.15, 0.2) is 5.76 Å². The Labute approximate surface area is 196 Å². The molecule has 1 aliphatic rings. The Kier molecular flexibility index (Phi) is 5.56. The van der Waals surface area contributed by atoms with E-state index in [2.05, 4.69) is 11.5 Å². The van der Waals surface area contributed by atoms with Gasteiger partial charge in [0.25, 0.3) is 0 Å². The molecular formula is C27H22ClNO4. The lowest BCUT2D eigenvalue weighted by Crippen LogP contribution is -1.98. The summed E-state index contributed by atoms with van der Waals surface area (Å²) in [5.74, 6) is 2.02. The smallest absolute Gasteiger partial charge is 0.231 e. The molecule has 166 valence electrons. The molecule has 0 radical (unpaired) electrons. The van der Waals surface area contributed by atoms with E-state index in [9.17, 15) is 4.79 Å². The molecule has 0 atom stereocenters. The molecule has 2 heterocycles. The number of hydrogen-bond donors (Lipinski definition) is 0. The Morgan fingerprint density at radius 1 is 1.06 bits per heavy atom. The number of aromatic nitrogens is 1. The van der Waals surface area contributed by atoms with E-state index in [0.717, 1.165) is 34.3 Å². The van der Waals surface area contributed by atoms with Gasteiger partial charge >= 0.3 is 0 Å². The molecule has 0 bridgehead atoms. The first-order chi connectivity index (χ1) is 16.1. The van der Waals surface area contributed by atoms with Crippen LogP contribution in [-0.4, -0.2) is 17.5 Å². The monoisotopic (exact) mass is 459 g/mol. The summed E-state index contributed by atoms with van der Waals surface area (Å²) in [6.45, 7) is 3.27. The van der Waals surface area contributed by atoms with Crippen LogP contribution in [0.4, 0.5) is 0 Å². The van der Waals surface area contributed by atoms with Crippen LogP contribution < -0.4 is 14.2 Å². The second kappa shape index (κ2) is 8.68. The first-order valence-corrected chi connectivity index (χ1v) is 11.1. The number of nitrogens with zero attached hydrogens (tertiary/aromatic N) is 1. The largest absolute Gasteiger partial charge is 0.497 e. The molecule has 0 N–H and O–H groups in total. The van der Waals surface area contributed by atoms with Crippen molar-refractivity contribution >= 4 is 34.4 Å². The van der Waals surface area contributed by atoms with Crippen molar-refractivity contribution in [1.29, 1.82) is 0 Å². The maximum atomic E-state index is 13.0. The average Bonchev–Trinajstić information content (AvgIpc) is 3.34. The standard InChI is InChI=1S/C27H22ClNO4/c1-3-29-15-18(23-13-20(31-2)8-10-24(23)29)12-26-27(30)22-9-7-21(14-25(22)33-26)32-16-17-5-4-6-19(28)11-17/h4-15H,3,16H2,1-2H3. The minimum Gasteiger partial charge on any atom is -0.497 e. The van der Waals surface area contributed by atoms with E-state index in [1.807, 2.05) is 48.7 Å². The number of carbonyl (C=O) groups is 1. The summed E-state index contributed by atoms with van der Waals surface area (Å²) in [7, 11) is 1.64. The summed E-state index contributed by atoms with van der Waals surface area (Å²) < 4.78 is 19.4. The summed E-state index contributed by atoms with van der Waals surface area (Å²) in [5, 5.41) is 1.66. The number of ether oxygens (including phenoxy) is 3. The number of benzene rings is 3. The average molecular weight is 460 g/mol. The van der Waals surface area contributed by atoms with Crippen molar-refractivity contribution in [3.8, 4) is 17.2 Å². The molecule has 5 rings (SSSR count). The SMILES string of the molecule is CCn1cc(C=C2Oc3cc(OCc4cccc(Cl)c4)ccc3C2=O)c2cc(OC)ccc21. The number of methoxy groups -OCH3 is 1. The minimum absolute atomic E-state index is 0.147. The van der Waals surface area contributed by atoms with Crippen LogP contribution in [0.5, 0.6) is 17.2 Å². The summed E-state index contributed by atoms with van der Waals surface area (Å²) >= 11 is 6.04. The molecule has 0 saturated carbocycles.